The minimum absolute atomic E-state index is 1.15. The molecule has 0 heterocycles. The maximum Gasteiger partial charge on any atom is -0.00217 e. The summed E-state index contributed by atoms with van der Waals surface area (Å²) in [5.41, 5.74) is 8.74. The molecule has 1 heteroatoms. The summed E-state index contributed by atoms with van der Waals surface area (Å²) in [6, 6.07) is 16.2. The number of rotatable bonds is 9. The molecule has 3 rings (SSSR count). The molecule has 0 unspecified atom stereocenters. The lowest BCUT2D eigenvalue weighted by Gasteiger charge is -2.18. The number of unbranched alkanes of at least 4 members (excludes halogenated alkanes) is 2. The summed E-state index contributed by atoms with van der Waals surface area (Å²) < 4.78 is 0. The Hall–Kier alpha value is -1.86. The van der Waals surface area contributed by atoms with Gasteiger partial charge in [0.25, 0.3) is 0 Å². The van der Waals surface area contributed by atoms with Gasteiger partial charge in [-0.1, -0.05) is 73.9 Å². The lowest BCUT2D eigenvalue weighted by Crippen LogP contribution is -2.13. The van der Waals surface area contributed by atoms with Gasteiger partial charge in [0.1, 0.15) is 0 Å². The van der Waals surface area contributed by atoms with Crippen LogP contribution in [-0.4, -0.2) is 25.5 Å². The smallest absolute Gasteiger partial charge is 0.00217 e. The molecular weight excluding hydrogens is 326 g/mol. The Kier molecular flexibility index (Phi) is 7.29. The van der Waals surface area contributed by atoms with Crippen LogP contribution in [0.1, 0.15) is 62.1 Å². The van der Waals surface area contributed by atoms with Gasteiger partial charge in [0, 0.05) is 0 Å². The van der Waals surface area contributed by atoms with Crippen molar-refractivity contribution in [3.8, 4) is 11.1 Å². The predicted molar refractivity (Wildman–Crippen MR) is 119 cm³/mol. The van der Waals surface area contributed by atoms with E-state index < -0.39 is 0 Å². The molecule has 2 aromatic carbocycles. The van der Waals surface area contributed by atoms with Crippen LogP contribution < -0.4 is 0 Å². The zero-order valence-corrected chi connectivity index (χ0v) is 17.4. The molecule has 0 aliphatic heterocycles. The molecule has 0 fully saturated rings. The molecule has 0 aromatic heterocycles. The van der Waals surface area contributed by atoms with Crippen molar-refractivity contribution in [3.63, 3.8) is 0 Å². The van der Waals surface area contributed by atoms with Gasteiger partial charge in [-0.2, -0.15) is 0 Å². The largest absolute Gasteiger partial charge is 0.309 e. The van der Waals surface area contributed by atoms with E-state index in [0.29, 0.717) is 0 Å². The first-order valence-electron chi connectivity index (χ1n) is 10.7. The Morgan fingerprint density at radius 2 is 1.59 bits per heavy atom. The molecule has 0 N–H and O–H groups in total. The highest BCUT2D eigenvalue weighted by atomic mass is 15.0. The maximum absolute atomic E-state index is 2.45. The average Bonchev–Trinajstić information content (AvgIpc) is 2.68. The summed E-state index contributed by atoms with van der Waals surface area (Å²) >= 11 is 0. The summed E-state index contributed by atoms with van der Waals surface area (Å²) in [5.74, 6) is 0. The zero-order chi connectivity index (χ0) is 19.1. The first kappa shape index (κ1) is 19.9. The third-order valence-electron chi connectivity index (χ3n) is 5.68. The molecule has 0 saturated carbocycles. The van der Waals surface area contributed by atoms with Crippen molar-refractivity contribution < 1.29 is 0 Å². The Labute approximate surface area is 166 Å². The van der Waals surface area contributed by atoms with Crippen molar-refractivity contribution in [1.82, 2.24) is 4.90 Å². The fourth-order valence-corrected chi connectivity index (χ4v) is 3.99. The Morgan fingerprint density at radius 1 is 0.815 bits per heavy atom. The number of fused-ring (bicyclic) bond motifs is 1. The van der Waals surface area contributed by atoms with Crippen LogP contribution in [-0.2, 0) is 12.8 Å². The summed E-state index contributed by atoms with van der Waals surface area (Å²) in [7, 11) is 4.28. The molecule has 1 aliphatic carbocycles. The highest BCUT2D eigenvalue weighted by molar-refractivity contribution is 5.69. The first-order chi connectivity index (χ1) is 13.2. The van der Waals surface area contributed by atoms with Gasteiger partial charge in [-0.3, -0.25) is 0 Å². The number of benzene rings is 2. The van der Waals surface area contributed by atoms with Gasteiger partial charge in [0.05, 0.1) is 0 Å². The van der Waals surface area contributed by atoms with E-state index in [0.717, 1.165) is 13.0 Å². The van der Waals surface area contributed by atoms with Crippen molar-refractivity contribution >= 4 is 6.08 Å². The molecule has 0 atom stereocenters. The van der Waals surface area contributed by atoms with E-state index in [9.17, 15) is 0 Å². The predicted octanol–water partition coefficient (Wildman–Crippen LogP) is 6.76. The maximum atomic E-state index is 2.45. The van der Waals surface area contributed by atoms with Gasteiger partial charge in [-0.25, -0.2) is 0 Å². The van der Waals surface area contributed by atoms with Crippen LogP contribution in [0.5, 0.6) is 0 Å². The van der Waals surface area contributed by atoms with Crippen molar-refractivity contribution in [1.29, 1.82) is 0 Å². The number of nitrogens with zero attached hydrogens (tertiary/aromatic N) is 1. The first-order valence-corrected chi connectivity index (χ1v) is 10.7. The van der Waals surface area contributed by atoms with E-state index in [2.05, 4.69) is 74.5 Å². The lowest BCUT2D eigenvalue weighted by molar-refractivity contribution is 0.400. The standard InChI is InChI=1S/C26H35N/c1-4-5-6-8-22-12-15-26-20-25(17-16-24(26)19-22)23-13-10-21(11-14-23)9-7-18-27(2)3/h10-11,13-14,16-17,19-20H,4-9,12,15,18H2,1-3H3. The Morgan fingerprint density at radius 3 is 2.33 bits per heavy atom. The molecular formula is C26H35N. The van der Waals surface area contributed by atoms with Gasteiger partial charge < -0.3 is 4.90 Å². The topological polar surface area (TPSA) is 3.24 Å². The minimum Gasteiger partial charge on any atom is -0.309 e. The third-order valence-corrected chi connectivity index (χ3v) is 5.68. The SMILES string of the molecule is CCCCCC1=Cc2ccc(-c3ccc(CCCN(C)C)cc3)cc2CC1. The normalized spacial score (nSPS) is 13.6. The fourth-order valence-electron chi connectivity index (χ4n) is 3.99. The highest BCUT2D eigenvalue weighted by Crippen LogP contribution is 2.31. The monoisotopic (exact) mass is 361 g/mol. The van der Waals surface area contributed by atoms with Crippen LogP contribution in [0.3, 0.4) is 0 Å². The van der Waals surface area contributed by atoms with Gasteiger partial charge in [0.15, 0.2) is 0 Å². The third kappa shape index (κ3) is 5.81. The van der Waals surface area contributed by atoms with Crippen LogP contribution in [0.25, 0.3) is 17.2 Å². The van der Waals surface area contributed by atoms with Crippen LogP contribution in [0.15, 0.2) is 48.0 Å². The summed E-state index contributed by atoms with van der Waals surface area (Å²) in [5, 5.41) is 0. The molecule has 144 valence electrons. The second kappa shape index (κ2) is 9.90. The number of aryl methyl sites for hydroxylation is 2. The van der Waals surface area contributed by atoms with Crippen molar-refractivity contribution in [2.75, 3.05) is 20.6 Å². The summed E-state index contributed by atoms with van der Waals surface area (Å²) in [6.45, 7) is 3.43. The second-order valence-electron chi connectivity index (χ2n) is 8.28. The van der Waals surface area contributed by atoms with Crippen molar-refractivity contribution in [3.05, 3.63) is 64.7 Å². The van der Waals surface area contributed by atoms with Gasteiger partial charge in [-0.15, -0.1) is 0 Å². The second-order valence-corrected chi connectivity index (χ2v) is 8.28. The zero-order valence-electron chi connectivity index (χ0n) is 17.4. The number of hydrogen-bond acceptors (Lipinski definition) is 1. The Bertz CT molecular complexity index is 752. The molecule has 27 heavy (non-hydrogen) atoms. The van der Waals surface area contributed by atoms with E-state index in [1.54, 1.807) is 5.57 Å². The minimum atomic E-state index is 1.15. The van der Waals surface area contributed by atoms with Crippen LogP contribution >= 0.6 is 0 Å². The molecule has 0 spiro atoms. The van der Waals surface area contributed by atoms with Gasteiger partial charge in [0.2, 0.25) is 0 Å². The molecule has 0 bridgehead atoms. The average molecular weight is 362 g/mol. The van der Waals surface area contributed by atoms with Crippen LogP contribution in [0.2, 0.25) is 0 Å². The Balaban J connectivity index is 1.65. The molecule has 0 saturated heterocycles. The quantitative estimate of drug-likeness (QED) is 0.446. The van der Waals surface area contributed by atoms with Crippen LogP contribution in [0.4, 0.5) is 0 Å². The van der Waals surface area contributed by atoms with E-state index in [4.69, 9.17) is 0 Å². The molecule has 2 aromatic rings. The molecule has 0 amide bonds. The number of allylic oxidation sites excluding steroid dienone is 1. The van der Waals surface area contributed by atoms with Gasteiger partial charge in [-0.05, 0) is 87.0 Å². The van der Waals surface area contributed by atoms with E-state index >= 15 is 0 Å². The van der Waals surface area contributed by atoms with Crippen LogP contribution in [0, 0.1) is 0 Å². The highest BCUT2D eigenvalue weighted by Gasteiger charge is 2.11. The van der Waals surface area contributed by atoms with E-state index in [-0.39, 0.29) is 0 Å². The van der Waals surface area contributed by atoms with E-state index in [1.807, 2.05) is 0 Å². The molecule has 1 nitrogen and oxygen atoms in total. The molecule has 0 radical (unpaired) electrons. The van der Waals surface area contributed by atoms with Crippen molar-refractivity contribution in [2.45, 2.75) is 58.3 Å². The summed E-state index contributed by atoms with van der Waals surface area (Å²) in [4.78, 5) is 2.26. The van der Waals surface area contributed by atoms with E-state index in [1.165, 1.54) is 72.8 Å². The lowest BCUT2D eigenvalue weighted by atomic mass is 9.87. The van der Waals surface area contributed by atoms with Gasteiger partial charge >= 0.3 is 0 Å². The number of hydrogen-bond donors (Lipinski definition) is 0. The van der Waals surface area contributed by atoms with Crippen molar-refractivity contribution in [2.24, 2.45) is 0 Å². The molecule has 1 aliphatic rings. The summed E-state index contributed by atoms with van der Waals surface area (Å²) in [6.07, 6.45) is 12.6. The fraction of sp³-hybridized carbons (Fsp3) is 0.462.